The van der Waals surface area contributed by atoms with Crippen molar-refractivity contribution in [2.24, 2.45) is 5.73 Å². The zero-order chi connectivity index (χ0) is 14.0. The van der Waals surface area contributed by atoms with Crippen molar-refractivity contribution < 1.29 is 14.0 Å². The van der Waals surface area contributed by atoms with E-state index in [1.165, 1.54) is 0 Å². The van der Waals surface area contributed by atoms with E-state index in [1.807, 2.05) is 13.0 Å². The normalized spacial score (nSPS) is 10.6. The molecule has 0 bridgehead atoms. The second-order valence-electron chi connectivity index (χ2n) is 3.81. The van der Waals surface area contributed by atoms with E-state index in [9.17, 15) is 0 Å². The molecule has 2 rings (SSSR count). The molecule has 0 saturated heterocycles. The summed E-state index contributed by atoms with van der Waals surface area (Å²) in [6.45, 7) is 2.14. The van der Waals surface area contributed by atoms with Gasteiger partial charge in [-0.25, -0.2) is 0 Å². The molecule has 1 heterocycles. The Labute approximate surface area is 119 Å². The SMILES string of the molecule is COc1cc(-c2noc(CN)n2)c(C)c(Br)c1OC. The molecule has 0 aliphatic carbocycles. The summed E-state index contributed by atoms with van der Waals surface area (Å²) in [5.41, 5.74) is 7.19. The van der Waals surface area contributed by atoms with Crippen LogP contribution in [0.1, 0.15) is 11.5 Å². The van der Waals surface area contributed by atoms with E-state index in [-0.39, 0.29) is 6.54 Å². The summed E-state index contributed by atoms with van der Waals surface area (Å²) in [5.74, 6) is 2.08. The van der Waals surface area contributed by atoms with Crippen LogP contribution >= 0.6 is 15.9 Å². The largest absolute Gasteiger partial charge is 0.493 e. The van der Waals surface area contributed by atoms with Gasteiger partial charge in [-0.2, -0.15) is 4.98 Å². The van der Waals surface area contributed by atoms with Crippen LogP contribution in [0.15, 0.2) is 15.1 Å². The van der Waals surface area contributed by atoms with Gasteiger partial charge in [-0.15, -0.1) is 0 Å². The van der Waals surface area contributed by atoms with Crippen LogP contribution in [0.4, 0.5) is 0 Å². The molecule has 102 valence electrons. The van der Waals surface area contributed by atoms with Crippen LogP contribution in [0.3, 0.4) is 0 Å². The van der Waals surface area contributed by atoms with E-state index < -0.39 is 0 Å². The highest BCUT2D eigenvalue weighted by molar-refractivity contribution is 9.10. The first-order chi connectivity index (χ1) is 9.12. The van der Waals surface area contributed by atoms with E-state index in [4.69, 9.17) is 19.7 Å². The first-order valence-corrected chi connectivity index (χ1v) is 6.35. The van der Waals surface area contributed by atoms with E-state index in [1.54, 1.807) is 14.2 Å². The molecule has 7 heteroatoms. The van der Waals surface area contributed by atoms with Crippen LogP contribution in [-0.4, -0.2) is 24.4 Å². The molecular formula is C12H14BrN3O3. The summed E-state index contributed by atoms with van der Waals surface area (Å²) < 4.78 is 16.4. The van der Waals surface area contributed by atoms with Gasteiger partial charge in [0.2, 0.25) is 11.7 Å². The minimum absolute atomic E-state index is 0.209. The zero-order valence-corrected chi connectivity index (χ0v) is 12.4. The van der Waals surface area contributed by atoms with Crippen LogP contribution < -0.4 is 15.2 Å². The third-order valence-corrected chi connectivity index (χ3v) is 3.69. The van der Waals surface area contributed by atoms with Gasteiger partial charge in [0.25, 0.3) is 0 Å². The average Bonchev–Trinajstić information content (AvgIpc) is 2.90. The lowest BCUT2D eigenvalue weighted by molar-refractivity contribution is 0.353. The lowest BCUT2D eigenvalue weighted by atomic mass is 10.1. The summed E-state index contributed by atoms with van der Waals surface area (Å²) in [7, 11) is 3.16. The van der Waals surface area contributed by atoms with E-state index in [2.05, 4.69) is 26.1 Å². The number of nitrogens with two attached hydrogens (primary N) is 1. The van der Waals surface area contributed by atoms with E-state index in [0.717, 1.165) is 15.6 Å². The Balaban J connectivity index is 2.60. The Morgan fingerprint density at radius 3 is 2.63 bits per heavy atom. The molecule has 6 nitrogen and oxygen atoms in total. The van der Waals surface area contributed by atoms with E-state index >= 15 is 0 Å². The number of ether oxygens (including phenoxy) is 2. The predicted octanol–water partition coefficient (Wildman–Crippen LogP) is 2.28. The minimum atomic E-state index is 0.209. The molecule has 2 aromatic rings. The molecule has 0 aliphatic heterocycles. The van der Waals surface area contributed by atoms with Crippen molar-refractivity contribution in [3.05, 3.63) is 22.0 Å². The van der Waals surface area contributed by atoms with E-state index in [0.29, 0.717) is 23.2 Å². The molecule has 0 unspecified atom stereocenters. The summed E-state index contributed by atoms with van der Waals surface area (Å²) in [6, 6.07) is 1.81. The molecule has 0 fully saturated rings. The van der Waals surface area contributed by atoms with Crippen LogP contribution in [0.5, 0.6) is 11.5 Å². The Hall–Kier alpha value is -1.60. The number of hydrogen-bond donors (Lipinski definition) is 1. The Morgan fingerprint density at radius 2 is 2.11 bits per heavy atom. The third kappa shape index (κ3) is 2.43. The van der Waals surface area contributed by atoms with Gasteiger partial charge in [-0.3, -0.25) is 0 Å². The summed E-state index contributed by atoms with van der Waals surface area (Å²) in [4.78, 5) is 4.21. The third-order valence-electron chi connectivity index (χ3n) is 2.74. The number of halogens is 1. The Kier molecular flexibility index (Phi) is 4.06. The van der Waals surface area contributed by atoms with Crippen LogP contribution in [0.2, 0.25) is 0 Å². The fourth-order valence-electron chi connectivity index (χ4n) is 1.72. The van der Waals surface area contributed by atoms with Crippen LogP contribution in [0.25, 0.3) is 11.4 Å². The molecule has 0 radical (unpaired) electrons. The highest BCUT2D eigenvalue weighted by Crippen LogP contribution is 2.42. The van der Waals surface area contributed by atoms with Crippen molar-refractivity contribution in [2.75, 3.05) is 14.2 Å². The van der Waals surface area contributed by atoms with Gasteiger partial charge >= 0.3 is 0 Å². The van der Waals surface area contributed by atoms with Crippen molar-refractivity contribution in [1.82, 2.24) is 10.1 Å². The maximum atomic E-state index is 5.46. The number of aromatic nitrogens is 2. The van der Waals surface area contributed by atoms with Crippen molar-refractivity contribution >= 4 is 15.9 Å². The summed E-state index contributed by atoms with van der Waals surface area (Å²) in [6.07, 6.45) is 0. The van der Waals surface area contributed by atoms with Gasteiger partial charge in [-0.1, -0.05) is 5.16 Å². The van der Waals surface area contributed by atoms with Gasteiger partial charge in [0, 0.05) is 5.56 Å². The smallest absolute Gasteiger partial charge is 0.240 e. The van der Waals surface area contributed by atoms with Crippen molar-refractivity contribution in [1.29, 1.82) is 0 Å². The van der Waals surface area contributed by atoms with Crippen molar-refractivity contribution in [2.45, 2.75) is 13.5 Å². The number of nitrogens with zero attached hydrogens (tertiary/aromatic N) is 2. The topological polar surface area (TPSA) is 83.4 Å². The van der Waals surface area contributed by atoms with Gasteiger partial charge < -0.3 is 19.7 Å². The van der Waals surface area contributed by atoms with Gasteiger partial charge in [0.05, 0.1) is 25.2 Å². The lowest BCUT2D eigenvalue weighted by Crippen LogP contribution is -1.98. The fourth-order valence-corrected chi connectivity index (χ4v) is 2.29. The summed E-state index contributed by atoms with van der Waals surface area (Å²) in [5, 5.41) is 3.91. The lowest BCUT2D eigenvalue weighted by Gasteiger charge is -2.13. The molecular weight excluding hydrogens is 314 g/mol. The standard InChI is InChI=1S/C12H14BrN3O3/c1-6-7(12-15-9(5-14)19-16-12)4-8(17-2)11(18-3)10(6)13/h4H,5,14H2,1-3H3. The quantitative estimate of drug-likeness (QED) is 0.927. The maximum Gasteiger partial charge on any atom is 0.240 e. The molecule has 2 N–H and O–H groups in total. The number of benzene rings is 1. The molecule has 1 aromatic carbocycles. The highest BCUT2D eigenvalue weighted by Gasteiger charge is 2.19. The molecule has 0 amide bonds. The van der Waals surface area contributed by atoms with Crippen molar-refractivity contribution in [3.8, 4) is 22.9 Å². The van der Waals surface area contributed by atoms with Gasteiger partial charge in [0.15, 0.2) is 11.5 Å². The zero-order valence-electron chi connectivity index (χ0n) is 10.9. The molecule has 0 atom stereocenters. The van der Waals surface area contributed by atoms with Crippen LogP contribution in [-0.2, 0) is 6.54 Å². The molecule has 1 aromatic heterocycles. The predicted molar refractivity (Wildman–Crippen MR) is 73.2 cm³/mol. The number of rotatable bonds is 4. The van der Waals surface area contributed by atoms with Gasteiger partial charge in [0.1, 0.15) is 0 Å². The van der Waals surface area contributed by atoms with Crippen molar-refractivity contribution in [3.63, 3.8) is 0 Å². The highest BCUT2D eigenvalue weighted by atomic mass is 79.9. The Bertz CT molecular complexity index is 598. The second kappa shape index (κ2) is 5.58. The summed E-state index contributed by atoms with van der Waals surface area (Å²) >= 11 is 3.49. The Morgan fingerprint density at radius 1 is 1.37 bits per heavy atom. The fraction of sp³-hybridized carbons (Fsp3) is 0.333. The molecule has 0 aliphatic rings. The second-order valence-corrected chi connectivity index (χ2v) is 4.61. The first-order valence-electron chi connectivity index (χ1n) is 5.56. The average molecular weight is 328 g/mol. The molecule has 19 heavy (non-hydrogen) atoms. The monoisotopic (exact) mass is 327 g/mol. The minimum Gasteiger partial charge on any atom is -0.493 e. The maximum absolute atomic E-state index is 5.46. The van der Waals surface area contributed by atoms with Gasteiger partial charge in [-0.05, 0) is 34.5 Å². The van der Waals surface area contributed by atoms with Crippen LogP contribution in [0, 0.1) is 6.92 Å². The number of hydrogen-bond acceptors (Lipinski definition) is 6. The molecule has 0 spiro atoms. The number of methoxy groups -OCH3 is 2. The molecule has 0 saturated carbocycles. The first kappa shape index (κ1) is 13.8.